The molecule has 2 nitrogen and oxygen atoms in total. The first kappa shape index (κ1) is 11.9. The van der Waals surface area contributed by atoms with E-state index in [4.69, 9.17) is 9.47 Å². The molecule has 15 heavy (non-hydrogen) atoms. The Balaban J connectivity index is 2.37. The minimum absolute atomic E-state index is 0.588. The number of ether oxygens (including phenoxy) is 2. The highest BCUT2D eigenvalue weighted by Crippen LogP contribution is 2.16. The molecule has 1 atom stereocenters. The van der Waals surface area contributed by atoms with E-state index in [9.17, 15) is 0 Å². The minimum atomic E-state index is 0.588. The molecule has 0 amide bonds. The molecule has 0 fully saturated rings. The average Bonchev–Trinajstić information content (AvgIpc) is 2.27. The molecule has 0 aromatic heterocycles. The van der Waals surface area contributed by atoms with Gasteiger partial charge in [-0.15, -0.1) is 0 Å². The third kappa shape index (κ3) is 4.24. The van der Waals surface area contributed by atoms with E-state index in [1.807, 2.05) is 0 Å². The molecule has 0 aliphatic rings. The topological polar surface area (TPSA) is 18.5 Å². The highest BCUT2D eigenvalue weighted by Gasteiger charge is 2.02. The van der Waals surface area contributed by atoms with Gasteiger partial charge in [0.25, 0.3) is 0 Å². The van der Waals surface area contributed by atoms with Crippen LogP contribution < -0.4 is 9.47 Å². The number of hydrogen-bond donors (Lipinski definition) is 0. The van der Waals surface area contributed by atoms with Gasteiger partial charge in [-0.05, 0) is 24.5 Å². The van der Waals surface area contributed by atoms with Gasteiger partial charge in [0.1, 0.15) is 11.5 Å². The van der Waals surface area contributed by atoms with Crippen molar-refractivity contribution in [3.63, 3.8) is 0 Å². The Kier molecular flexibility index (Phi) is 5.02. The van der Waals surface area contributed by atoms with Gasteiger partial charge in [0.05, 0.1) is 13.7 Å². The molecule has 0 heterocycles. The summed E-state index contributed by atoms with van der Waals surface area (Å²) >= 11 is 0. The van der Waals surface area contributed by atoms with Crippen LogP contribution in [0.5, 0.6) is 11.5 Å². The van der Waals surface area contributed by atoms with Crippen molar-refractivity contribution in [2.75, 3.05) is 13.7 Å². The van der Waals surface area contributed by atoms with Gasteiger partial charge in [-0.25, -0.2) is 0 Å². The first-order valence-electron chi connectivity index (χ1n) is 5.36. The van der Waals surface area contributed by atoms with Crippen LogP contribution in [0, 0.1) is 18.1 Å². The van der Waals surface area contributed by atoms with Crippen molar-refractivity contribution in [2.24, 2.45) is 5.92 Å². The predicted octanol–water partition coefficient (Wildman–Crippen LogP) is 3.11. The molecule has 2 radical (unpaired) electrons. The van der Waals surface area contributed by atoms with E-state index >= 15 is 0 Å². The van der Waals surface area contributed by atoms with E-state index in [1.165, 1.54) is 12.8 Å². The predicted molar refractivity (Wildman–Crippen MR) is 60.2 cm³/mol. The van der Waals surface area contributed by atoms with Crippen LogP contribution in [0.3, 0.4) is 0 Å². The average molecular weight is 206 g/mol. The van der Waals surface area contributed by atoms with Gasteiger partial charge in [0, 0.05) is 12.1 Å². The smallest absolute Gasteiger partial charge is 0.128 e. The van der Waals surface area contributed by atoms with E-state index in [0.717, 1.165) is 12.4 Å². The first-order chi connectivity index (χ1) is 7.26. The summed E-state index contributed by atoms with van der Waals surface area (Å²) in [6.45, 7) is 5.12. The summed E-state index contributed by atoms with van der Waals surface area (Å²) in [5, 5.41) is 0. The molecule has 1 aromatic rings. The van der Waals surface area contributed by atoms with Gasteiger partial charge in [-0.3, -0.25) is 0 Å². The lowest BCUT2D eigenvalue weighted by atomic mass is 10.1. The molecular formula is C13H18O2. The molecule has 1 rings (SSSR count). The molecule has 0 aliphatic carbocycles. The van der Waals surface area contributed by atoms with Crippen LogP contribution in [0.4, 0.5) is 0 Å². The Morgan fingerprint density at radius 3 is 2.47 bits per heavy atom. The highest BCUT2D eigenvalue weighted by molar-refractivity contribution is 5.28. The Hall–Kier alpha value is -1.18. The molecule has 1 aromatic carbocycles. The summed E-state index contributed by atoms with van der Waals surface area (Å²) in [5.74, 6) is 2.01. The molecule has 2 heteroatoms. The molecule has 82 valence electrons. The van der Waals surface area contributed by atoms with Gasteiger partial charge in [-0.1, -0.05) is 20.3 Å². The Morgan fingerprint density at radius 1 is 1.27 bits per heavy atom. The zero-order valence-corrected chi connectivity index (χ0v) is 9.67. The summed E-state index contributed by atoms with van der Waals surface area (Å²) < 4.78 is 10.6. The molecule has 0 saturated carbocycles. The van der Waals surface area contributed by atoms with Crippen molar-refractivity contribution in [2.45, 2.75) is 26.7 Å². The Morgan fingerprint density at radius 2 is 1.93 bits per heavy atom. The quantitative estimate of drug-likeness (QED) is 0.712. The second-order valence-electron chi connectivity index (χ2n) is 3.71. The largest absolute Gasteiger partial charge is 0.496 e. The number of methoxy groups -OCH3 is 1. The van der Waals surface area contributed by atoms with Gasteiger partial charge in [0.2, 0.25) is 0 Å². The molecule has 0 spiro atoms. The number of benzene rings is 1. The molecule has 1 unspecified atom stereocenters. The van der Waals surface area contributed by atoms with Gasteiger partial charge in [0.15, 0.2) is 0 Å². The fourth-order valence-electron chi connectivity index (χ4n) is 1.37. The van der Waals surface area contributed by atoms with Crippen molar-refractivity contribution in [3.8, 4) is 11.5 Å². The second-order valence-corrected chi connectivity index (χ2v) is 3.71. The van der Waals surface area contributed by atoms with Crippen LogP contribution in [-0.4, -0.2) is 13.7 Å². The Labute approximate surface area is 92.2 Å². The maximum Gasteiger partial charge on any atom is 0.128 e. The maximum atomic E-state index is 5.58. The first-order valence-corrected chi connectivity index (χ1v) is 5.36. The fourth-order valence-corrected chi connectivity index (χ4v) is 1.37. The van der Waals surface area contributed by atoms with Crippen LogP contribution in [0.15, 0.2) is 12.1 Å². The van der Waals surface area contributed by atoms with E-state index in [-0.39, 0.29) is 0 Å². The van der Waals surface area contributed by atoms with Crippen LogP contribution in [0.25, 0.3) is 0 Å². The van der Waals surface area contributed by atoms with Crippen LogP contribution in [0.1, 0.15) is 26.7 Å². The zero-order valence-electron chi connectivity index (χ0n) is 9.67. The fraction of sp³-hybridized carbons (Fsp3) is 0.538. The van der Waals surface area contributed by atoms with Gasteiger partial charge < -0.3 is 9.47 Å². The van der Waals surface area contributed by atoms with Crippen LogP contribution in [-0.2, 0) is 0 Å². The summed E-state index contributed by atoms with van der Waals surface area (Å²) in [5.41, 5.74) is 0. The SMILES string of the molecule is CCCC(C)COc1[c]cc(OC)[c]c1. The number of hydrogen-bond acceptors (Lipinski definition) is 2. The maximum absolute atomic E-state index is 5.58. The summed E-state index contributed by atoms with van der Waals surface area (Å²) in [7, 11) is 1.61. The minimum Gasteiger partial charge on any atom is -0.496 e. The molecular weight excluding hydrogens is 188 g/mol. The van der Waals surface area contributed by atoms with Crippen molar-refractivity contribution in [3.05, 3.63) is 24.3 Å². The molecule has 0 bridgehead atoms. The third-order valence-corrected chi connectivity index (χ3v) is 2.22. The number of rotatable bonds is 6. The Bertz CT molecular complexity index is 266. The summed E-state index contributed by atoms with van der Waals surface area (Å²) in [6.07, 6.45) is 2.39. The van der Waals surface area contributed by atoms with Crippen LogP contribution >= 0.6 is 0 Å². The molecule has 0 N–H and O–H groups in total. The standard InChI is InChI=1S/C13H18O2/c1-4-5-11(2)10-15-13-8-6-12(14-3)7-9-13/h6,9,11H,4-5,10H2,1-3H3. The van der Waals surface area contributed by atoms with E-state index in [1.54, 1.807) is 19.2 Å². The van der Waals surface area contributed by atoms with E-state index < -0.39 is 0 Å². The van der Waals surface area contributed by atoms with Crippen molar-refractivity contribution in [1.82, 2.24) is 0 Å². The third-order valence-electron chi connectivity index (χ3n) is 2.22. The van der Waals surface area contributed by atoms with E-state index in [0.29, 0.717) is 11.7 Å². The second kappa shape index (κ2) is 6.33. The summed E-state index contributed by atoms with van der Waals surface area (Å²) in [6, 6.07) is 9.47. The normalized spacial score (nSPS) is 12.2. The van der Waals surface area contributed by atoms with Gasteiger partial charge >= 0.3 is 0 Å². The van der Waals surface area contributed by atoms with Crippen molar-refractivity contribution >= 4 is 0 Å². The van der Waals surface area contributed by atoms with Crippen LogP contribution in [0.2, 0.25) is 0 Å². The van der Waals surface area contributed by atoms with Crippen molar-refractivity contribution < 1.29 is 9.47 Å². The lowest BCUT2D eigenvalue weighted by Gasteiger charge is -2.11. The highest BCUT2D eigenvalue weighted by atomic mass is 16.5. The lowest BCUT2D eigenvalue weighted by molar-refractivity contribution is 0.250. The van der Waals surface area contributed by atoms with E-state index in [2.05, 4.69) is 26.0 Å². The van der Waals surface area contributed by atoms with Crippen molar-refractivity contribution in [1.29, 1.82) is 0 Å². The zero-order chi connectivity index (χ0) is 11.1. The van der Waals surface area contributed by atoms with Gasteiger partial charge in [-0.2, -0.15) is 0 Å². The lowest BCUT2D eigenvalue weighted by Crippen LogP contribution is -2.08. The summed E-state index contributed by atoms with van der Waals surface area (Å²) in [4.78, 5) is 0. The molecule has 0 saturated heterocycles. The monoisotopic (exact) mass is 206 g/mol. The molecule has 0 aliphatic heterocycles.